The molecule has 4 aromatic rings. The van der Waals surface area contributed by atoms with Crippen molar-refractivity contribution in [2.24, 2.45) is 0 Å². The van der Waals surface area contributed by atoms with Crippen LogP contribution in [0.25, 0.3) is 21.5 Å². The van der Waals surface area contributed by atoms with Gasteiger partial charge in [0.1, 0.15) is 12.4 Å². The van der Waals surface area contributed by atoms with Gasteiger partial charge < -0.3 is 9.47 Å². The Labute approximate surface area is 185 Å². The van der Waals surface area contributed by atoms with Gasteiger partial charge in [0.25, 0.3) is 0 Å². The molecule has 4 aromatic carbocycles. The van der Waals surface area contributed by atoms with Crippen LogP contribution >= 0.6 is 23.2 Å². The van der Waals surface area contributed by atoms with Crippen LogP contribution in [-0.4, -0.2) is 12.6 Å². The summed E-state index contributed by atoms with van der Waals surface area (Å²) in [5.41, 5.74) is 1.03. The van der Waals surface area contributed by atoms with Crippen LogP contribution < -0.4 is 4.74 Å². The molecule has 0 saturated carbocycles. The number of fused-ring (bicyclic) bond motifs is 2. The van der Waals surface area contributed by atoms with Gasteiger partial charge in [-0.3, -0.25) is 4.79 Å². The average Bonchev–Trinajstić information content (AvgIpc) is 2.75. The molecule has 0 atom stereocenters. The molecule has 3 nitrogen and oxygen atoms in total. The quantitative estimate of drug-likeness (QED) is 0.174. The second-order valence-electron chi connectivity index (χ2n) is 6.98. The fourth-order valence-electron chi connectivity index (χ4n) is 3.48. The first kappa shape index (κ1) is 20.5. The van der Waals surface area contributed by atoms with Crippen molar-refractivity contribution in [1.82, 2.24) is 0 Å². The molecule has 0 fully saturated rings. The largest absolute Gasteiger partial charge is 0.492 e. The fraction of sp³-hybridized carbons (Fsp3) is 0.160. The van der Waals surface area contributed by atoms with Gasteiger partial charge in [0.2, 0.25) is 0 Å². The summed E-state index contributed by atoms with van der Waals surface area (Å²) >= 11 is 12.0. The molecule has 0 radical (unpaired) electrons. The molecular formula is C25H20Cl2O3. The predicted molar refractivity (Wildman–Crippen MR) is 122 cm³/mol. The zero-order valence-corrected chi connectivity index (χ0v) is 17.7. The van der Waals surface area contributed by atoms with E-state index >= 15 is 0 Å². The van der Waals surface area contributed by atoms with E-state index in [9.17, 15) is 4.79 Å². The molecule has 0 aliphatic heterocycles. The van der Waals surface area contributed by atoms with Crippen molar-refractivity contribution in [3.05, 3.63) is 88.4 Å². The normalized spacial score (nSPS) is 11.0. The topological polar surface area (TPSA) is 35.5 Å². The Morgan fingerprint density at radius 1 is 0.833 bits per heavy atom. The van der Waals surface area contributed by atoms with Gasteiger partial charge in [-0.25, -0.2) is 0 Å². The first-order chi connectivity index (χ1) is 14.6. The van der Waals surface area contributed by atoms with Gasteiger partial charge in [0.05, 0.1) is 11.6 Å². The minimum absolute atomic E-state index is 0.241. The van der Waals surface area contributed by atoms with Crippen molar-refractivity contribution in [3.63, 3.8) is 0 Å². The van der Waals surface area contributed by atoms with E-state index < -0.39 is 0 Å². The molecule has 5 heteroatoms. The van der Waals surface area contributed by atoms with Gasteiger partial charge in [-0.05, 0) is 52.2 Å². The summed E-state index contributed by atoms with van der Waals surface area (Å²) in [4.78, 5) is 12.3. The Bertz CT molecular complexity index is 1150. The van der Waals surface area contributed by atoms with Crippen LogP contribution in [0.3, 0.4) is 0 Å². The number of esters is 1. The van der Waals surface area contributed by atoms with Crippen LogP contribution in [0, 0.1) is 0 Å². The van der Waals surface area contributed by atoms with Crippen molar-refractivity contribution in [1.29, 1.82) is 0 Å². The molecule has 0 aliphatic rings. The lowest BCUT2D eigenvalue weighted by atomic mass is 9.97. The molecule has 0 N–H and O–H groups in total. The van der Waals surface area contributed by atoms with Crippen LogP contribution in [0.5, 0.6) is 5.75 Å². The third-order valence-electron chi connectivity index (χ3n) is 4.94. The van der Waals surface area contributed by atoms with Crippen molar-refractivity contribution in [3.8, 4) is 5.75 Å². The summed E-state index contributed by atoms with van der Waals surface area (Å²) in [5, 5.41) is 5.48. The smallest absolute Gasteiger partial charge is 0.306 e. The number of carbonyl (C=O) groups is 1. The second kappa shape index (κ2) is 9.38. The van der Waals surface area contributed by atoms with Crippen LogP contribution in [0.2, 0.25) is 10.0 Å². The number of rotatable bonds is 7. The van der Waals surface area contributed by atoms with E-state index in [2.05, 4.69) is 30.3 Å². The van der Waals surface area contributed by atoms with E-state index in [4.69, 9.17) is 32.7 Å². The van der Waals surface area contributed by atoms with Crippen LogP contribution in [0.4, 0.5) is 0 Å². The van der Waals surface area contributed by atoms with E-state index in [-0.39, 0.29) is 19.0 Å². The van der Waals surface area contributed by atoms with Crippen LogP contribution in [0.1, 0.15) is 18.4 Å². The van der Waals surface area contributed by atoms with Gasteiger partial charge in [-0.1, -0.05) is 71.7 Å². The van der Waals surface area contributed by atoms with E-state index in [1.54, 1.807) is 18.2 Å². The maximum absolute atomic E-state index is 12.3. The number of benzene rings is 4. The highest BCUT2D eigenvalue weighted by molar-refractivity contribution is 6.35. The minimum Gasteiger partial charge on any atom is -0.492 e. The summed E-state index contributed by atoms with van der Waals surface area (Å²) < 4.78 is 11.2. The lowest BCUT2D eigenvalue weighted by molar-refractivity contribution is -0.145. The summed E-state index contributed by atoms with van der Waals surface area (Å²) in [7, 11) is 0. The molecule has 0 amide bonds. The van der Waals surface area contributed by atoms with E-state index in [0.717, 1.165) is 27.1 Å². The Balaban J connectivity index is 1.37. The first-order valence-electron chi connectivity index (χ1n) is 9.74. The number of hydrogen-bond donors (Lipinski definition) is 0. The molecule has 0 aliphatic carbocycles. The Hall–Kier alpha value is -2.75. The van der Waals surface area contributed by atoms with Crippen molar-refractivity contribution in [2.45, 2.75) is 19.4 Å². The molecule has 0 saturated heterocycles. The molecule has 0 unspecified atom stereocenters. The Morgan fingerprint density at radius 2 is 1.50 bits per heavy atom. The van der Waals surface area contributed by atoms with E-state index in [0.29, 0.717) is 28.8 Å². The second-order valence-corrected chi connectivity index (χ2v) is 7.83. The first-order valence-corrected chi connectivity index (χ1v) is 10.5. The lowest BCUT2D eigenvalue weighted by Crippen LogP contribution is -2.08. The van der Waals surface area contributed by atoms with Gasteiger partial charge in [-0.15, -0.1) is 0 Å². The Morgan fingerprint density at radius 3 is 2.17 bits per heavy atom. The third kappa shape index (κ3) is 4.69. The van der Waals surface area contributed by atoms with Crippen molar-refractivity contribution < 1.29 is 14.3 Å². The van der Waals surface area contributed by atoms with Crippen molar-refractivity contribution >= 4 is 50.7 Å². The molecule has 4 rings (SSSR count). The predicted octanol–water partition coefficient (Wildman–Crippen LogP) is 7.20. The van der Waals surface area contributed by atoms with Gasteiger partial charge >= 0.3 is 5.97 Å². The summed E-state index contributed by atoms with van der Waals surface area (Å²) in [6, 6.07) is 23.5. The van der Waals surface area contributed by atoms with Crippen LogP contribution in [-0.2, 0) is 16.1 Å². The highest BCUT2D eigenvalue weighted by Gasteiger charge is 2.11. The third-order valence-corrected chi connectivity index (χ3v) is 5.47. The molecule has 30 heavy (non-hydrogen) atoms. The fourth-order valence-corrected chi connectivity index (χ4v) is 3.94. The molecule has 152 valence electrons. The number of ether oxygens (including phenoxy) is 2. The van der Waals surface area contributed by atoms with Gasteiger partial charge in [0, 0.05) is 17.0 Å². The summed E-state index contributed by atoms with van der Waals surface area (Å²) in [5.74, 6) is 0.300. The monoisotopic (exact) mass is 438 g/mol. The molecular weight excluding hydrogens is 419 g/mol. The number of carbonyl (C=O) groups excluding carboxylic acids is 1. The van der Waals surface area contributed by atoms with Crippen molar-refractivity contribution in [2.75, 3.05) is 6.61 Å². The average molecular weight is 439 g/mol. The number of halogens is 2. The highest BCUT2D eigenvalue weighted by atomic mass is 35.5. The Kier molecular flexibility index (Phi) is 6.41. The zero-order chi connectivity index (χ0) is 20.9. The number of hydrogen-bond acceptors (Lipinski definition) is 3. The minimum atomic E-state index is -0.252. The maximum atomic E-state index is 12.3. The van der Waals surface area contributed by atoms with E-state index in [1.165, 1.54) is 0 Å². The summed E-state index contributed by atoms with van der Waals surface area (Å²) in [6.07, 6.45) is 0.808. The van der Waals surface area contributed by atoms with Gasteiger partial charge in [0.15, 0.2) is 0 Å². The van der Waals surface area contributed by atoms with Crippen LogP contribution in [0.15, 0.2) is 72.8 Å². The zero-order valence-electron chi connectivity index (χ0n) is 16.2. The van der Waals surface area contributed by atoms with E-state index in [1.807, 2.05) is 24.3 Å². The molecule has 0 bridgehead atoms. The lowest BCUT2D eigenvalue weighted by Gasteiger charge is -2.12. The SMILES string of the molecule is O=C(CCCOc1ccc(Cl)cc1Cl)OCc1c2ccccc2cc2ccccc12. The standard InChI is InChI=1S/C25H20Cl2O3/c26-19-11-12-24(23(27)15-19)29-13-5-10-25(28)30-16-22-20-8-3-1-6-17(20)14-18-7-2-4-9-21(18)22/h1-4,6-9,11-12,14-15H,5,10,13,16H2. The van der Waals surface area contributed by atoms with Gasteiger partial charge in [-0.2, -0.15) is 0 Å². The molecule has 0 heterocycles. The molecule has 0 spiro atoms. The molecule has 0 aromatic heterocycles. The highest BCUT2D eigenvalue weighted by Crippen LogP contribution is 2.29. The summed E-state index contributed by atoms with van der Waals surface area (Å²) in [6.45, 7) is 0.609. The maximum Gasteiger partial charge on any atom is 0.306 e.